The smallest absolute Gasteiger partial charge is 0.361 e. The second kappa shape index (κ2) is 69.2. The van der Waals surface area contributed by atoms with Crippen LogP contribution in [0.2, 0.25) is 0 Å². The van der Waals surface area contributed by atoms with Crippen molar-refractivity contribution in [2.75, 3.05) is 47.5 Å². The van der Waals surface area contributed by atoms with Crippen LogP contribution in [0.5, 0.6) is 0 Å². The average Bonchev–Trinajstić information content (AvgIpc) is 3.63. The molecule has 0 aromatic carbocycles. The number of hydrogen-bond acceptors (Lipinski definition) is 7. The molecule has 0 rings (SSSR count). The Kier molecular flexibility index (Phi) is 67.8. The minimum Gasteiger partial charge on any atom is -0.477 e. The Balaban J connectivity index is 3.91. The first kappa shape index (κ1) is 84.3. The Morgan fingerprint density at radius 3 is 0.744 bits per heavy atom. The number of carbonyl (C=O) groups excluding carboxylic acids is 2. The van der Waals surface area contributed by atoms with Gasteiger partial charge >= 0.3 is 17.9 Å². The lowest BCUT2D eigenvalue weighted by Crippen LogP contribution is -2.40. The standard InChI is InChI=1S/C77H151NO8/c1-6-8-10-12-14-16-18-20-22-24-26-28-30-31-32-33-34-35-36-37-38-39-40-41-42-43-44-45-46-48-50-52-54-56-58-60-62-64-66-68-75(80)86-73(72-85-77(76(81)82)83-70-69-78(3,4)5)71-84-74(79)67-65-63-61-59-57-55-53-51-49-47-29-27-25-23-21-19-17-15-13-11-9-7-2/h73,77H,6-72H2,1-5H3/p+1. The highest BCUT2D eigenvalue weighted by atomic mass is 16.7. The highest BCUT2D eigenvalue weighted by Gasteiger charge is 2.25. The fraction of sp³-hybridized carbons (Fsp3) is 0.961. The van der Waals surface area contributed by atoms with Gasteiger partial charge in [-0.1, -0.05) is 393 Å². The van der Waals surface area contributed by atoms with E-state index in [1.54, 1.807) is 0 Å². The summed E-state index contributed by atoms with van der Waals surface area (Å²) in [7, 11) is 6.00. The number of hydrogen-bond donors (Lipinski definition) is 1. The number of likely N-dealkylation sites (N-methyl/N-ethyl adjacent to an activating group) is 1. The summed E-state index contributed by atoms with van der Waals surface area (Å²) < 4.78 is 23.0. The molecule has 0 aliphatic heterocycles. The molecule has 9 nitrogen and oxygen atoms in total. The van der Waals surface area contributed by atoms with Crippen LogP contribution in [0.1, 0.15) is 418 Å². The maximum absolute atomic E-state index is 13.0. The van der Waals surface area contributed by atoms with E-state index in [-0.39, 0.29) is 38.2 Å². The molecule has 9 heteroatoms. The van der Waals surface area contributed by atoms with E-state index in [2.05, 4.69) is 13.8 Å². The van der Waals surface area contributed by atoms with Crippen molar-refractivity contribution < 1.29 is 42.9 Å². The molecule has 1 N–H and O–H groups in total. The second-order valence-corrected chi connectivity index (χ2v) is 28.0. The molecule has 86 heavy (non-hydrogen) atoms. The van der Waals surface area contributed by atoms with Crippen molar-refractivity contribution in [1.82, 2.24) is 0 Å². The number of carboxylic acids is 1. The van der Waals surface area contributed by atoms with Crippen molar-refractivity contribution in [2.24, 2.45) is 0 Å². The largest absolute Gasteiger partial charge is 0.477 e. The van der Waals surface area contributed by atoms with Crippen LogP contribution < -0.4 is 0 Å². The number of quaternary nitrogens is 1. The van der Waals surface area contributed by atoms with E-state index >= 15 is 0 Å². The first-order valence-electron chi connectivity index (χ1n) is 38.7. The summed E-state index contributed by atoms with van der Waals surface area (Å²) in [4.78, 5) is 37.6. The van der Waals surface area contributed by atoms with Crippen LogP contribution in [-0.2, 0) is 33.3 Å². The lowest BCUT2D eigenvalue weighted by molar-refractivity contribution is -0.870. The fourth-order valence-corrected chi connectivity index (χ4v) is 12.2. The molecule has 0 saturated carbocycles. The normalized spacial score (nSPS) is 12.5. The van der Waals surface area contributed by atoms with Gasteiger partial charge in [-0.2, -0.15) is 0 Å². The SMILES string of the molecule is CCCCCCCCCCCCCCCCCCCCCCCCCCCCCCCCCCCCCCCCCC(=O)OC(COC(=O)CCCCCCCCCCCCCCCCCCCCCCCC)COC(OCC[N+](C)(C)C)C(=O)O. The third kappa shape index (κ3) is 69.8. The molecule has 0 amide bonds. The van der Waals surface area contributed by atoms with Gasteiger partial charge in [-0.05, 0) is 12.8 Å². The van der Waals surface area contributed by atoms with Crippen LogP contribution in [-0.4, -0.2) is 87.4 Å². The van der Waals surface area contributed by atoms with Crippen LogP contribution in [0.25, 0.3) is 0 Å². The van der Waals surface area contributed by atoms with E-state index in [9.17, 15) is 19.5 Å². The number of ether oxygens (including phenoxy) is 4. The zero-order valence-electron chi connectivity index (χ0n) is 58.8. The Hall–Kier alpha value is -1.71. The Labute approximate surface area is 536 Å². The van der Waals surface area contributed by atoms with Crippen LogP contribution >= 0.6 is 0 Å². The monoisotopic (exact) mass is 1220 g/mol. The molecule has 0 aromatic heterocycles. The fourth-order valence-electron chi connectivity index (χ4n) is 12.2. The molecule has 0 aliphatic rings. The van der Waals surface area contributed by atoms with E-state index in [4.69, 9.17) is 18.9 Å². The average molecular weight is 1220 g/mol. The Morgan fingerprint density at radius 1 is 0.302 bits per heavy atom. The van der Waals surface area contributed by atoms with Crippen LogP contribution in [0.15, 0.2) is 0 Å². The third-order valence-corrected chi connectivity index (χ3v) is 18.1. The molecule has 0 spiro atoms. The number of esters is 2. The summed E-state index contributed by atoms with van der Waals surface area (Å²) in [6.45, 7) is 4.98. The summed E-state index contributed by atoms with van der Waals surface area (Å²) in [5.41, 5.74) is 0. The molecule has 0 heterocycles. The third-order valence-electron chi connectivity index (χ3n) is 18.1. The maximum Gasteiger partial charge on any atom is 0.361 e. The van der Waals surface area contributed by atoms with E-state index < -0.39 is 18.4 Å². The van der Waals surface area contributed by atoms with Gasteiger partial charge < -0.3 is 28.5 Å². The van der Waals surface area contributed by atoms with Crippen LogP contribution in [0.3, 0.4) is 0 Å². The molecule has 0 aromatic rings. The molecular weight excluding hydrogens is 1070 g/mol. The summed E-state index contributed by atoms with van der Waals surface area (Å²) in [5.74, 6) is -1.96. The van der Waals surface area contributed by atoms with Crippen LogP contribution in [0, 0.1) is 0 Å². The Bertz CT molecular complexity index is 1370. The molecule has 2 atom stereocenters. The van der Waals surface area contributed by atoms with Gasteiger partial charge in [0, 0.05) is 12.8 Å². The molecule has 0 aliphatic carbocycles. The predicted octanol–water partition coefficient (Wildman–Crippen LogP) is 24.2. The zero-order valence-corrected chi connectivity index (χ0v) is 58.8. The van der Waals surface area contributed by atoms with Gasteiger partial charge in [-0.25, -0.2) is 4.79 Å². The molecular formula is C77H152NO8+. The summed E-state index contributed by atoms with van der Waals surface area (Å²) in [6.07, 6.45) is 81.2. The number of carboxylic acid groups (broad SMARTS) is 1. The highest BCUT2D eigenvalue weighted by Crippen LogP contribution is 2.20. The van der Waals surface area contributed by atoms with Crippen molar-refractivity contribution in [1.29, 1.82) is 0 Å². The number of rotatable bonds is 74. The van der Waals surface area contributed by atoms with Crippen molar-refractivity contribution in [3.05, 3.63) is 0 Å². The van der Waals surface area contributed by atoms with Crippen molar-refractivity contribution in [3.63, 3.8) is 0 Å². The molecule has 0 saturated heterocycles. The van der Waals surface area contributed by atoms with Crippen molar-refractivity contribution in [2.45, 2.75) is 431 Å². The van der Waals surface area contributed by atoms with Gasteiger partial charge in [0.25, 0.3) is 6.29 Å². The van der Waals surface area contributed by atoms with E-state index in [1.807, 2.05) is 21.1 Å². The van der Waals surface area contributed by atoms with E-state index in [1.165, 1.54) is 353 Å². The first-order chi connectivity index (χ1) is 42.1. The van der Waals surface area contributed by atoms with E-state index in [0.29, 0.717) is 17.4 Å². The van der Waals surface area contributed by atoms with Gasteiger partial charge in [0.1, 0.15) is 13.2 Å². The summed E-state index contributed by atoms with van der Waals surface area (Å²) in [5, 5.41) is 9.75. The Morgan fingerprint density at radius 2 is 0.523 bits per heavy atom. The summed E-state index contributed by atoms with van der Waals surface area (Å²) >= 11 is 0. The van der Waals surface area contributed by atoms with Gasteiger partial charge in [0.2, 0.25) is 0 Å². The lowest BCUT2D eigenvalue weighted by atomic mass is 10.0. The van der Waals surface area contributed by atoms with Gasteiger partial charge in [-0.3, -0.25) is 9.59 Å². The first-order valence-corrected chi connectivity index (χ1v) is 38.7. The second-order valence-electron chi connectivity index (χ2n) is 28.0. The number of nitrogens with zero attached hydrogens (tertiary/aromatic N) is 1. The lowest BCUT2D eigenvalue weighted by Gasteiger charge is -2.25. The molecule has 0 bridgehead atoms. The molecule has 0 fully saturated rings. The van der Waals surface area contributed by atoms with E-state index in [0.717, 1.165) is 38.5 Å². The summed E-state index contributed by atoms with van der Waals surface area (Å²) in [6, 6.07) is 0. The van der Waals surface area contributed by atoms with Crippen molar-refractivity contribution in [3.8, 4) is 0 Å². The van der Waals surface area contributed by atoms with Gasteiger partial charge in [0.05, 0.1) is 34.4 Å². The van der Waals surface area contributed by atoms with Gasteiger partial charge in [-0.15, -0.1) is 0 Å². The van der Waals surface area contributed by atoms with Crippen molar-refractivity contribution >= 4 is 17.9 Å². The number of aliphatic carboxylic acids is 1. The molecule has 0 radical (unpaired) electrons. The number of unbranched alkanes of at least 4 members (excludes halogenated alkanes) is 59. The zero-order chi connectivity index (χ0) is 62.6. The minimum atomic E-state index is -1.50. The molecule has 512 valence electrons. The molecule has 2 unspecified atom stereocenters. The van der Waals surface area contributed by atoms with Crippen LogP contribution in [0.4, 0.5) is 0 Å². The number of carbonyl (C=O) groups is 3. The van der Waals surface area contributed by atoms with Gasteiger partial charge in [0.15, 0.2) is 6.10 Å². The maximum atomic E-state index is 13.0. The minimum absolute atomic E-state index is 0.172. The quantitative estimate of drug-likeness (QED) is 0.0278. The topological polar surface area (TPSA) is 108 Å². The highest BCUT2D eigenvalue weighted by molar-refractivity contribution is 5.71. The predicted molar refractivity (Wildman–Crippen MR) is 369 cm³/mol.